The molecule has 0 aliphatic carbocycles. The highest BCUT2D eigenvalue weighted by atomic mass is 79.9. The van der Waals surface area contributed by atoms with E-state index < -0.39 is 11.3 Å². The minimum absolute atomic E-state index is 0.254. The van der Waals surface area contributed by atoms with E-state index in [0.717, 1.165) is 5.56 Å². The normalized spacial score (nSPS) is 12.3. The second kappa shape index (κ2) is 5.64. The maximum atomic E-state index is 13.3. The summed E-state index contributed by atoms with van der Waals surface area (Å²) in [5, 5.41) is -0.788. The van der Waals surface area contributed by atoms with Crippen LogP contribution in [0.15, 0.2) is 16.6 Å². The van der Waals surface area contributed by atoms with Crippen LogP contribution in [0.2, 0.25) is 0 Å². The second-order valence-electron chi connectivity index (χ2n) is 3.39. The first-order valence-corrected chi connectivity index (χ1v) is 5.85. The van der Waals surface area contributed by atoms with Gasteiger partial charge in [0, 0.05) is 0 Å². The molecule has 1 aromatic carbocycles. The summed E-state index contributed by atoms with van der Waals surface area (Å²) >= 11 is 8.91. The Hall–Kier alpha value is -0.610. The van der Waals surface area contributed by atoms with Crippen LogP contribution in [0, 0.1) is 12.7 Å². The van der Waals surface area contributed by atoms with E-state index in [1.807, 2.05) is 6.92 Å². The number of carbonyl (C=O) groups is 1. The third kappa shape index (κ3) is 3.19. The van der Waals surface area contributed by atoms with Crippen LogP contribution in [-0.4, -0.2) is 18.5 Å². The SMILES string of the molecule is COC(=O)C(Cl)Cc1cc(F)c(Br)cc1C. The number of halogens is 3. The fourth-order valence-electron chi connectivity index (χ4n) is 1.31. The lowest BCUT2D eigenvalue weighted by atomic mass is 10.0. The van der Waals surface area contributed by atoms with Gasteiger partial charge in [0.05, 0.1) is 11.6 Å². The molecular formula is C11H11BrClFO2. The van der Waals surface area contributed by atoms with Gasteiger partial charge >= 0.3 is 5.97 Å². The van der Waals surface area contributed by atoms with E-state index >= 15 is 0 Å². The zero-order valence-corrected chi connectivity index (χ0v) is 11.2. The third-order valence-electron chi connectivity index (χ3n) is 2.23. The number of alkyl halides is 1. The predicted molar refractivity (Wildman–Crippen MR) is 64.2 cm³/mol. The average molecular weight is 310 g/mol. The van der Waals surface area contributed by atoms with Gasteiger partial charge < -0.3 is 4.74 Å². The summed E-state index contributed by atoms with van der Waals surface area (Å²) in [6.07, 6.45) is 0.254. The molecular weight excluding hydrogens is 298 g/mol. The summed E-state index contributed by atoms with van der Waals surface area (Å²) in [6.45, 7) is 1.83. The Morgan fingerprint density at radius 3 is 2.81 bits per heavy atom. The fraction of sp³-hybridized carbons (Fsp3) is 0.364. The monoisotopic (exact) mass is 308 g/mol. The van der Waals surface area contributed by atoms with E-state index in [0.29, 0.717) is 10.0 Å². The molecule has 1 rings (SSSR count). The first-order valence-electron chi connectivity index (χ1n) is 4.62. The maximum absolute atomic E-state index is 13.3. The molecule has 0 radical (unpaired) electrons. The van der Waals surface area contributed by atoms with Crippen molar-refractivity contribution < 1.29 is 13.9 Å². The molecule has 0 amide bonds. The average Bonchev–Trinajstić information content (AvgIpc) is 2.24. The van der Waals surface area contributed by atoms with Crippen LogP contribution in [0.4, 0.5) is 4.39 Å². The van der Waals surface area contributed by atoms with E-state index in [2.05, 4.69) is 20.7 Å². The first-order chi connectivity index (χ1) is 7.45. The number of methoxy groups -OCH3 is 1. The minimum Gasteiger partial charge on any atom is -0.468 e. The highest BCUT2D eigenvalue weighted by Crippen LogP contribution is 2.22. The molecule has 0 aliphatic heterocycles. The van der Waals surface area contributed by atoms with Gasteiger partial charge in [0.1, 0.15) is 11.2 Å². The zero-order chi connectivity index (χ0) is 12.3. The molecule has 2 nitrogen and oxygen atoms in total. The molecule has 0 aromatic heterocycles. The van der Waals surface area contributed by atoms with E-state index in [4.69, 9.17) is 11.6 Å². The highest BCUT2D eigenvalue weighted by Gasteiger charge is 2.18. The molecule has 0 saturated heterocycles. The summed E-state index contributed by atoms with van der Waals surface area (Å²) < 4.78 is 18.2. The van der Waals surface area contributed by atoms with Crippen LogP contribution in [0.1, 0.15) is 11.1 Å². The van der Waals surface area contributed by atoms with Crippen LogP contribution >= 0.6 is 27.5 Å². The van der Waals surface area contributed by atoms with Gasteiger partial charge in [0.15, 0.2) is 0 Å². The van der Waals surface area contributed by atoms with Gasteiger partial charge in [0.25, 0.3) is 0 Å². The molecule has 0 fully saturated rings. The molecule has 0 spiro atoms. The van der Waals surface area contributed by atoms with Gasteiger partial charge in [-0.1, -0.05) is 0 Å². The van der Waals surface area contributed by atoms with Crippen molar-refractivity contribution in [2.45, 2.75) is 18.7 Å². The highest BCUT2D eigenvalue weighted by molar-refractivity contribution is 9.10. The summed E-state index contributed by atoms with van der Waals surface area (Å²) in [5.41, 5.74) is 1.58. The Kier molecular flexibility index (Phi) is 4.74. The zero-order valence-electron chi connectivity index (χ0n) is 8.89. The summed E-state index contributed by atoms with van der Waals surface area (Å²) in [7, 11) is 1.27. The molecule has 5 heteroatoms. The van der Waals surface area contributed by atoms with Crippen molar-refractivity contribution in [1.29, 1.82) is 0 Å². The van der Waals surface area contributed by atoms with Crippen molar-refractivity contribution in [1.82, 2.24) is 0 Å². The summed E-state index contributed by atoms with van der Waals surface area (Å²) in [5.74, 6) is -0.876. The second-order valence-corrected chi connectivity index (χ2v) is 4.77. The predicted octanol–water partition coefficient (Wildman–Crippen LogP) is 3.22. The Morgan fingerprint density at radius 1 is 1.62 bits per heavy atom. The lowest BCUT2D eigenvalue weighted by Gasteiger charge is -2.10. The number of benzene rings is 1. The van der Waals surface area contributed by atoms with Crippen LogP contribution in [0.25, 0.3) is 0 Å². The van der Waals surface area contributed by atoms with Crippen molar-refractivity contribution in [3.8, 4) is 0 Å². The fourth-order valence-corrected chi connectivity index (χ4v) is 2.02. The van der Waals surface area contributed by atoms with E-state index in [1.54, 1.807) is 6.07 Å². The van der Waals surface area contributed by atoms with Crippen LogP contribution in [0.5, 0.6) is 0 Å². The molecule has 1 atom stereocenters. The smallest absolute Gasteiger partial charge is 0.324 e. The number of ether oxygens (including phenoxy) is 1. The van der Waals surface area contributed by atoms with Crippen molar-refractivity contribution >= 4 is 33.5 Å². The standard InChI is InChI=1S/C11H11BrClFO2/c1-6-3-8(12)10(14)5-7(6)4-9(13)11(15)16-2/h3,5,9H,4H2,1-2H3. The van der Waals surface area contributed by atoms with Gasteiger partial charge in [-0.15, -0.1) is 11.6 Å². The first kappa shape index (κ1) is 13.5. The molecule has 0 N–H and O–H groups in total. The van der Waals surface area contributed by atoms with Gasteiger partial charge in [0.2, 0.25) is 0 Å². The summed E-state index contributed by atoms with van der Waals surface area (Å²) in [4.78, 5) is 11.1. The van der Waals surface area contributed by atoms with Crippen molar-refractivity contribution in [3.63, 3.8) is 0 Å². The van der Waals surface area contributed by atoms with Gasteiger partial charge in [-0.05, 0) is 52.5 Å². The Morgan fingerprint density at radius 2 is 2.25 bits per heavy atom. The van der Waals surface area contributed by atoms with Gasteiger partial charge in [-0.2, -0.15) is 0 Å². The van der Waals surface area contributed by atoms with Crippen molar-refractivity contribution in [2.75, 3.05) is 7.11 Å². The molecule has 88 valence electrons. The largest absolute Gasteiger partial charge is 0.468 e. The quantitative estimate of drug-likeness (QED) is 0.633. The molecule has 1 unspecified atom stereocenters. The Labute approximate surface area is 107 Å². The van der Waals surface area contributed by atoms with E-state index in [-0.39, 0.29) is 12.2 Å². The molecule has 0 saturated carbocycles. The van der Waals surface area contributed by atoms with Crippen LogP contribution in [-0.2, 0) is 16.0 Å². The van der Waals surface area contributed by atoms with E-state index in [9.17, 15) is 9.18 Å². The number of carbonyl (C=O) groups excluding carboxylic acids is 1. The lowest BCUT2D eigenvalue weighted by Crippen LogP contribution is -2.19. The summed E-state index contributed by atoms with van der Waals surface area (Å²) in [6, 6.07) is 3.03. The number of esters is 1. The lowest BCUT2D eigenvalue weighted by molar-refractivity contribution is -0.140. The van der Waals surface area contributed by atoms with Crippen molar-refractivity contribution in [2.24, 2.45) is 0 Å². The van der Waals surface area contributed by atoms with E-state index in [1.165, 1.54) is 13.2 Å². The maximum Gasteiger partial charge on any atom is 0.324 e. The van der Waals surface area contributed by atoms with Crippen molar-refractivity contribution in [3.05, 3.63) is 33.5 Å². The number of aryl methyl sites for hydroxylation is 1. The molecule has 0 aliphatic rings. The van der Waals surface area contributed by atoms with Crippen LogP contribution < -0.4 is 0 Å². The minimum atomic E-state index is -0.788. The Bertz CT molecular complexity index is 409. The molecule has 16 heavy (non-hydrogen) atoms. The molecule has 0 bridgehead atoms. The molecule has 1 aromatic rings. The Balaban J connectivity index is 2.89. The van der Waals surface area contributed by atoms with Gasteiger partial charge in [-0.3, -0.25) is 4.79 Å². The van der Waals surface area contributed by atoms with Crippen LogP contribution in [0.3, 0.4) is 0 Å². The number of rotatable bonds is 3. The number of hydrogen-bond acceptors (Lipinski definition) is 2. The van der Waals surface area contributed by atoms with Gasteiger partial charge in [-0.25, -0.2) is 4.39 Å². The molecule has 0 heterocycles. The number of hydrogen-bond donors (Lipinski definition) is 0. The topological polar surface area (TPSA) is 26.3 Å². The third-order valence-corrected chi connectivity index (χ3v) is 3.18.